The van der Waals surface area contributed by atoms with Gasteiger partial charge in [-0.05, 0) is 42.8 Å². The number of halogens is 1. The lowest BCUT2D eigenvalue weighted by atomic mass is 10.1. The highest BCUT2D eigenvalue weighted by Gasteiger charge is 2.30. The van der Waals surface area contributed by atoms with E-state index in [1.54, 1.807) is 31.2 Å². The van der Waals surface area contributed by atoms with E-state index in [4.69, 9.17) is 9.47 Å². The van der Waals surface area contributed by atoms with Crippen LogP contribution in [-0.4, -0.2) is 11.8 Å². The summed E-state index contributed by atoms with van der Waals surface area (Å²) in [6, 6.07) is 8.97. The summed E-state index contributed by atoms with van der Waals surface area (Å²) in [5, 5.41) is 0. The van der Waals surface area contributed by atoms with Gasteiger partial charge in [-0.25, -0.2) is 4.39 Å². The fourth-order valence-corrected chi connectivity index (χ4v) is 2.38. The van der Waals surface area contributed by atoms with Gasteiger partial charge in [-0.3, -0.25) is 9.59 Å². The van der Waals surface area contributed by atoms with Gasteiger partial charge in [-0.15, -0.1) is 0 Å². The van der Waals surface area contributed by atoms with Gasteiger partial charge in [0.15, 0.2) is 5.76 Å². The molecular formula is C18H13FO4. The molecule has 23 heavy (non-hydrogen) atoms. The maximum atomic E-state index is 13.2. The van der Waals surface area contributed by atoms with E-state index in [0.29, 0.717) is 28.2 Å². The summed E-state index contributed by atoms with van der Waals surface area (Å²) in [6.07, 6.45) is 1.48. The molecule has 0 N–H and O–H groups in total. The lowest BCUT2D eigenvalue weighted by Crippen LogP contribution is -2.03. The van der Waals surface area contributed by atoms with Gasteiger partial charge in [0.05, 0.1) is 5.56 Å². The van der Waals surface area contributed by atoms with E-state index in [2.05, 4.69) is 0 Å². The first kappa shape index (κ1) is 15.0. The largest absolute Gasteiger partial charge is 0.452 e. The van der Waals surface area contributed by atoms with E-state index >= 15 is 0 Å². The number of Topliss-reactive ketones (excluding diaryl/α,β-unsaturated/α-hetero) is 1. The van der Waals surface area contributed by atoms with Crippen LogP contribution in [0.5, 0.6) is 11.5 Å². The van der Waals surface area contributed by atoms with Crippen molar-refractivity contribution in [2.75, 3.05) is 0 Å². The summed E-state index contributed by atoms with van der Waals surface area (Å²) in [5.41, 5.74) is 1.48. The van der Waals surface area contributed by atoms with Crippen molar-refractivity contribution in [2.45, 2.75) is 13.8 Å². The predicted molar refractivity (Wildman–Crippen MR) is 81.8 cm³/mol. The molecule has 1 aliphatic heterocycles. The van der Waals surface area contributed by atoms with Crippen LogP contribution in [0.2, 0.25) is 0 Å². The Balaban J connectivity index is 1.98. The highest BCUT2D eigenvalue weighted by Crippen LogP contribution is 2.39. The summed E-state index contributed by atoms with van der Waals surface area (Å²) in [5.74, 6) is -0.327. The van der Waals surface area contributed by atoms with Gasteiger partial charge in [-0.1, -0.05) is 12.1 Å². The molecule has 0 aliphatic carbocycles. The molecule has 2 aromatic carbocycles. The molecule has 0 radical (unpaired) electrons. The molecule has 0 saturated carbocycles. The molecule has 116 valence electrons. The second kappa shape index (κ2) is 5.68. The average molecular weight is 312 g/mol. The summed E-state index contributed by atoms with van der Waals surface area (Å²) < 4.78 is 23.9. The van der Waals surface area contributed by atoms with Crippen LogP contribution in [0.3, 0.4) is 0 Å². The van der Waals surface area contributed by atoms with Crippen LogP contribution < -0.4 is 9.47 Å². The highest BCUT2D eigenvalue weighted by molar-refractivity contribution is 6.15. The number of rotatable bonds is 2. The Morgan fingerprint density at radius 1 is 1.26 bits per heavy atom. The Morgan fingerprint density at radius 2 is 2.04 bits per heavy atom. The van der Waals surface area contributed by atoms with Crippen molar-refractivity contribution < 1.29 is 23.5 Å². The standard InChI is InChI=1S/C18H13FO4/c1-10-15(22-11(2)20)7-6-14-17(21)16(23-18(10)14)9-12-4-3-5-13(19)8-12/h3-9H,1-2H3/b16-9-. The SMILES string of the molecule is CC(=O)Oc1ccc2c(c1C)O/C(=C\c1cccc(F)c1)C2=O. The maximum absolute atomic E-state index is 13.2. The molecule has 2 aromatic rings. The number of hydrogen-bond acceptors (Lipinski definition) is 4. The summed E-state index contributed by atoms with van der Waals surface area (Å²) in [7, 11) is 0. The van der Waals surface area contributed by atoms with E-state index in [1.807, 2.05) is 0 Å². The molecule has 3 rings (SSSR count). The number of ether oxygens (including phenoxy) is 2. The molecule has 1 heterocycles. The van der Waals surface area contributed by atoms with Crippen LogP contribution in [0.15, 0.2) is 42.2 Å². The van der Waals surface area contributed by atoms with E-state index in [-0.39, 0.29) is 11.5 Å². The van der Waals surface area contributed by atoms with Gasteiger partial charge >= 0.3 is 5.97 Å². The van der Waals surface area contributed by atoms with Gasteiger partial charge in [0.2, 0.25) is 5.78 Å². The zero-order valence-electron chi connectivity index (χ0n) is 12.6. The normalized spacial score (nSPS) is 14.6. The first-order chi connectivity index (χ1) is 11.0. The first-order valence-corrected chi connectivity index (χ1v) is 6.97. The van der Waals surface area contributed by atoms with Gasteiger partial charge in [0, 0.05) is 12.5 Å². The molecule has 0 saturated heterocycles. The van der Waals surface area contributed by atoms with Crippen LogP contribution in [0, 0.1) is 12.7 Å². The molecule has 0 bridgehead atoms. The second-order valence-corrected chi connectivity index (χ2v) is 5.15. The number of carbonyl (C=O) groups excluding carboxylic acids is 2. The Bertz CT molecular complexity index is 852. The highest BCUT2D eigenvalue weighted by atomic mass is 19.1. The molecule has 0 spiro atoms. The lowest BCUT2D eigenvalue weighted by molar-refractivity contribution is -0.131. The topological polar surface area (TPSA) is 52.6 Å². The Labute approximate surface area is 132 Å². The zero-order chi connectivity index (χ0) is 16.6. The quantitative estimate of drug-likeness (QED) is 0.482. The Kier molecular flexibility index (Phi) is 3.70. The summed E-state index contributed by atoms with van der Waals surface area (Å²) in [4.78, 5) is 23.5. The first-order valence-electron chi connectivity index (χ1n) is 6.97. The van der Waals surface area contributed by atoms with Crippen molar-refractivity contribution in [2.24, 2.45) is 0 Å². The van der Waals surface area contributed by atoms with Crippen molar-refractivity contribution in [3.05, 3.63) is 64.7 Å². The van der Waals surface area contributed by atoms with Gasteiger partial charge in [0.1, 0.15) is 17.3 Å². The van der Waals surface area contributed by atoms with Gasteiger partial charge in [0.25, 0.3) is 0 Å². The molecule has 4 nitrogen and oxygen atoms in total. The fraction of sp³-hybridized carbons (Fsp3) is 0.111. The third kappa shape index (κ3) is 2.85. The molecule has 0 amide bonds. The fourth-order valence-electron chi connectivity index (χ4n) is 2.38. The molecule has 0 aromatic heterocycles. The van der Waals surface area contributed by atoms with Crippen molar-refractivity contribution in [3.8, 4) is 11.5 Å². The van der Waals surface area contributed by atoms with E-state index in [1.165, 1.54) is 25.1 Å². The minimum Gasteiger partial charge on any atom is -0.452 e. The molecule has 1 aliphatic rings. The average Bonchev–Trinajstić information content (AvgIpc) is 2.79. The third-order valence-electron chi connectivity index (χ3n) is 3.44. The number of allylic oxidation sites excluding steroid dienone is 1. The van der Waals surface area contributed by atoms with E-state index in [0.717, 1.165) is 0 Å². The minimum atomic E-state index is -0.451. The van der Waals surface area contributed by atoms with Crippen molar-refractivity contribution in [1.82, 2.24) is 0 Å². The number of hydrogen-bond donors (Lipinski definition) is 0. The van der Waals surface area contributed by atoms with E-state index in [9.17, 15) is 14.0 Å². The second-order valence-electron chi connectivity index (χ2n) is 5.15. The van der Waals surface area contributed by atoms with Crippen molar-refractivity contribution >= 4 is 17.8 Å². The monoisotopic (exact) mass is 312 g/mol. The molecule has 0 unspecified atom stereocenters. The van der Waals surface area contributed by atoms with Crippen LogP contribution >= 0.6 is 0 Å². The van der Waals surface area contributed by atoms with Gasteiger partial charge < -0.3 is 9.47 Å². The third-order valence-corrected chi connectivity index (χ3v) is 3.44. The maximum Gasteiger partial charge on any atom is 0.308 e. The van der Waals surface area contributed by atoms with Crippen molar-refractivity contribution in [1.29, 1.82) is 0 Å². The number of benzene rings is 2. The zero-order valence-corrected chi connectivity index (χ0v) is 12.6. The van der Waals surface area contributed by atoms with Gasteiger partial charge in [-0.2, -0.15) is 0 Å². The smallest absolute Gasteiger partial charge is 0.308 e. The Morgan fingerprint density at radius 3 is 2.74 bits per heavy atom. The lowest BCUT2D eigenvalue weighted by Gasteiger charge is -2.08. The van der Waals surface area contributed by atoms with E-state index < -0.39 is 11.8 Å². The summed E-state index contributed by atoms with van der Waals surface area (Å²) >= 11 is 0. The van der Waals surface area contributed by atoms with Crippen LogP contribution in [-0.2, 0) is 4.79 Å². The molecular weight excluding hydrogens is 299 g/mol. The summed E-state index contributed by atoms with van der Waals surface area (Å²) in [6.45, 7) is 3.00. The molecule has 0 fully saturated rings. The van der Waals surface area contributed by atoms with Crippen LogP contribution in [0.1, 0.15) is 28.4 Å². The minimum absolute atomic E-state index is 0.105. The molecule has 5 heteroatoms. The number of esters is 1. The number of ketones is 1. The predicted octanol–water partition coefficient (Wildman–Crippen LogP) is 3.68. The van der Waals surface area contributed by atoms with Crippen molar-refractivity contribution in [3.63, 3.8) is 0 Å². The van der Waals surface area contributed by atoms with Crippen LogP contribution in [0.25, 0.3) is 6.08 Å². The number of carbonyl (C=O) groups is 2. The Hall–Kier alpha value is -2.95. The number of fused-ring (bicyclic) bond motifs is 1. The molecule has 0 atom stereocenters. The van der Waals surface area contributed by atoms with Crippen LogP contribution in [0.4, 0.5) is 4.39 Å².